The van der Waals surface area contributed by atoms with Gasteiger partial charge in [0.05, 0.1) is 0 Å². The maximum Gasteiger partial charge on any atom is 0.130 e. The number of benzene rings is 1. The standard InChI is InChI=1S/C16H23N3.C13H14N2.C3H6/c1-12-5-4-6-16(18-12)19-13(2)11-14-7-9-15(17-3)10-8-14;1-3-8-15-9-12(10(2)14)11-6-4-5-7-13(11)15;1-2-3-1/h4-7,9,14-15,17H,2,8,10-11H2,1,3H3,(H,18,19);3-7,9H,1-2,8,14H2;1-3H2. The third-order valence-electron chi connectivity index (χ3n) is 6.35. The van der Waals surface area contributed by atoms with Crippen LogP contribution in [0.25, 0.3) is 16.6 Å². The highest BCUT2D eigenvalue weighted by Gasteiger charge is 2.15. The molecule has 0 radical (unpaired) electrons. The van der Waals surface area contributed by atoms with E-state index in [-0.39, 0.29) is 0 Å². The number of fused-ring (bicyclic) bond motifs is 1. The average Bonchev–Trinajstić information content (AvgIpc) is 3.73. The minimum atomic E-state index is 0.538. The smallest absolute Gasteiger partial charge is 0.130 e. The quantitative estimate of drug-likeness (QED) is 0.288. The van der Waals surface area contributed by atoms with Crippen molar-refractivity contribution >= 4 is 22.4 Å². The van der Waals surface area contributed by atoms with Crippen LogP contribution in [0.1, 0.15) is 49.8 Å². The fourth-order valence-corrected chi connectivity index (χ4v) is 4.24. The number of anilines is 1. The van der Waals surface area contributed by atoms with Crippen molar-refractivity contribution in [3.05, 3.63) is 104 Å². The molecule has 0 saturated heterocycles. The Bertz CT molecular complexity index is 1210. The first-order valence-corrected chi connectivity index (χ1v) is 13.3. The van der Waals surface area contributed by atoms with E-state index in [0.29, 0.717) is 17.7 Å². The molecule has 1 saturated carbocycles. The SMILES string of the molecule is C1CC1.C=C(CC1C=CC(NC)CC1)Nc1cccc(C)n1.C=CCn1cc(C(=C)N)c2ccccc21. The summed E-state index contributed by atoms with van der Waals surface area (Å²) in [5.41, 5.74) is 10.6. The molecule has 0 spiro atoms. The first-order valence-electron chi connectivity index (χ1n) is 13.3. The number of allylic oxidation sites excluding steroid dienone is 3. The Morgan fingerprint density at radius 3 is 2.43 bits per heavy atom. The van der Waals surface area contributed by atoms with E-state index in [9.17, 15) is 0 Å². The highest BCUT2D eigenvalue weighted by molar-refractivity contribution is 5.92. The van der Waals surface area contributed by atoms with Crippen molar-refractivity contribution in [2.45, 2.75) is 58.0 Å². The predicted octanol–water partition coefficient (Wildman–Crippen LogP) is 7.19. The molecule has 1 fully saturated rings. The minimum Gasteiger partial charge on any atom is -0.399 e. The number of likely N-dealkylation sites (N-methyl/N-ethyl adjacent to an activating group) is 1. The van der Waals surface area contributed by atoms with Gasteiger partial charge in [0.25, 0.3) is 0 Å². The number of aryl methyl sites for hydroxylation is 1. The van der Waals surface area contributed by atoms with E-state index in [1.165, 1.54) is 37.6 Å². The van der Waals surface area contributed by atoms with Crippen LogP contribution in [0.5, 0.6) is 0 Å². The molecule has 5 heteroatoms. The van der Waals surface area contributed by atoms with E-state index >= 15 is 0 Å². The second-order valence-electron chi connectivity index (χ2n) is 9.80. The van der Waals surface area contributed by atoms with Crippen LogP contribution in [-0.2, 0) is 6.54 Å². The summed E-state index contributed by atoms with van der Waals surface area (Å²) in [7, 11) is 2.01. The molecule has 2 heterocycles. The van der Waals surface area contributed by atoms with E-state index < -0.39 is 0 Å². The highest BCUT2D eigenvalue weighted by atomic mass is 15.0. The summed E-state index contributed by atoms with van der Waals surface area (Å²) in [4.78, 5) is 4.43. The molecule has 2 aliphatic carbocycles. The first-order chi connectivity index (χ1) is 17.9. The number of hydrogen-bond donors (Lipinski definition) is 3. The first kappa shape index (κ1) is 28.0. The summed E-state index contributed by atoms with van der Waals surface area (Å²) in [5, 5.41) is 7.73. The van der Waals surface area contributed by atoms with Crippen LogP contribution in [0.3, 0.4) is 0 Å². The van der Waals surface area contributed by atoms with Gasteiger partial charge < -0.3 is 20.9 Å². The van der Waals surface area contributed by atoms with Gasteiger partial charge in [0.1, 0.15) is 5.82 Å². The molecule has 2 aromatic heterocycles. The number of pyridine rings is 1. The Kier molecular flexibility index (Phi) is 10.8. The van der Waals surface area contributed by atoms with Crippen molar-refractivity contribution in [2.24, 2.45) is 11.7 Å². The van der Waals surface area contributed by atoms with Crippen LogP contribution in [-0.4, -0.2) is 22.6 Å². The summed E-state index contributed by atoms with van der Waals surface area (Å²) in [6.45, 7) is 14.4. The molecule has 3 aromatic rings. The summed E-state index contributed by atoms with van der Waals surface area (Å²) in [6, 6.07) is 14.7. The fourth-order valence-electron chi connectivity index (χ4n) is 4.24. The van der Waals surface area contributed by atoms with Crippen LogP contribution in [0.15, 0.2) is 92.3 Å². The van der Waals surface area contributed by atoms with Gasteiger partial charge in [-0.1, -0.05) is 74.9 Å². The monoisotopic (exact) mass is 497 g/mol. The Balaban J connectivity index is 0.000000188. The van der Waals surface area contributed by atoms with Crippen molar-refractivity contribution in [3.8, 4) is 0 Å². The lowest BCUT2D eigenvalue weighted by Gasteiger charge is -2.23. The average molecular weight is 498 g/mol. The number of hydrogen-bond acceptors (Lipinski definition) is 4. The lowest BCUT2D eigenvalue weighted by molar-refractivity contribution is 0.474. The Hall–Kier alpha value is -3.57. The van der Waals surface area contributed by atoms with Crippen molar-refractivity contribution < 1.29 is 0 Å². The molecule has 4 N–H and O–H groups in total. The third-order valence-corrected chi connectivity index (χ3v) is 6.35. The summed E-state index contributed by atoms with van der Waals surface area (Å²) in [6.07, 6.45) is 16.4. The van der Waals surface area contributed by atoms with Crippen molar-refractivity contribution in [3.63, 3.8) is 0 Å². The molecule has 2 aliphatic rings. The second-order valence-corrected chi connectivity index (χ2v) is 9.80. The van der Waals surface area contributed by atoms with E-state index in [1.54, 1.807) is 0 Å². The zero-order valence-electron chi connectivity index (χ0n) is 22.5. The third kappa shape index (κ3) is 9.10. The van der Waals surface area contributed by atoms with Crippen LogP contribution >= 0.6 is 0 Å². The molecule has 5 nitrogen and oxygen atoms in total. The van der Waals surface area contributed by atoms with Crippen LogP contribution in [0.2, 0.25) is 0 Å². The molecular weight excluding hydrogens is 454 g/mol. The van der Waals surface area contributed by atoms with Gasteiger partial charge in [0, 0.05) is 52.3 Å². The van der Waals surface area contributed by atoms with Gasteiger partial charge in [-0.2, -0.15) is 0 Å². The Morgan fingerprint density at radius 2 is 1.84 bits per heavy atom. The van der Waals surface area contributed by atoms with E-state index in [0.717, 1.165) is 41.1 Å². The van der Waals surface area contributed by atoms with E-state index in [4.69, 9.17) is 5.73 Å². The number of para-hydroxylation sites is 1. The molecule has 5 rings (SSSR count). The minimum absolute atomic E-state index is 0.538. The number of rotatable bonds is 8. The Labute approximate surface area is 222 Å². The highest BCUT2D eigenvalue weighted by Crippen LogP contribution is 2.25. The number of aromatic nitrogens is 2. The largest absolute Gasteiger partial charge is 0.399 e. The number of nitrogens with one attached hydrogen (secondary N) is 2. The predicted molar refractivity (Wildman–Crippen MR) is 160 cm³/mol. The molecule has 0 bridgehead atoms. The summed E-state index contributed by atoms with van der Waals surface area (Å²) < 4.78 is 2.12. The molecule has 0 aliphatic heterocycles. The maximum atomic E-state index is 5.76. The van der Waals surface area contributed by atoms with Crippen LogP contribution in [0, 0.1) is 12.8 Å². The zero-order chi connectivity index (χ0) is 26.6. The zero-order valence-corrected chi connectivity index (χ0v) is 22.5. The van der Waals surface area contributed by atoms with Gasteiger partial charge in [-0.25, -0.2) is 4.98 Å². The van der Waals surface area contributed by atoms with Crippen molar-refractivity contribution in [2.75, 3.05) is 12.4 Å². The molecule has 37 heavy (non-hydrogen) atoms. The summed E-state index contributed by atoms with van der Waals surface area (Å²) in [5.74, 6) is 1.48. The van der Waals surface area contributed by atoms with Gasteiger partial charge in [0.2, 0.25) is 0 Å². The topological polar surface area (TPSA) is 67.9 Å². The molecule has 0 amide bonds. The summed E-state index contributed by atoms with van der Waals surface area (Å²) >= 11 is 0. The van der Waals surface area contributed by atoms with E-state index in [1.807, 2.05) is 56.6 Å². The molecule has 1 aromatic carbocycles. The fraction of sp³-hybridized carbons (Fsp3) is 0.344. The molecule has 196 valence electrons. The van der Waals surface area contributed by atoms with E-state index in [2.05, 4.69) is 64.2 Å². The Morgan fingerprint density at radius 1 is 1.08 bits per heavy atom. The van der Waals surface area contributed by atoms with Gasteiger partial charge in [0.15, 0.2) is 0 Å². The van der Waals surface area contributed by atoms with Crippen LogP contribution in [0.4, 0.5) is 5.82 Å². The lowest BCUT2D eigenvalue weighted by atomic mass is 9.89. The van der Waals surface area contributed by atoms with Crippen molar-refractivity contribution in [1.82, 2.24) is 14.9 Å². The van der Waals surface area contributed by atoms with Crippen LogP contribution < -0.4 is 16.4 Å². The maximum absolute atomic E-state index is 5.76. The van der Waals surface area contributed by atoms with Gasteiger partial charge in [-0.3, -0.25) is 0 Å². The number of nitrogens with zero attached hydrogens (tertiary/aromatic N) is 2. The van der Waals surface area contributed by atoms with Gasteiger partial charge in [-0.05, 0) is 57.4 Å². The van der Waals surface area contributed by atoms with Crippen molar-refractivity contribution in [1.29, 1.82) is 0 Å². The molecular formula is C32H43N5. The molecule has 2 atom stereocenters. The van der Waals surface area contributed by atoms with Gasteiger partial charge >= 0.3 is 0 Å². The lowest BCUT2D eigenvalue weighted by Crippen LogP contribution is -2.26. The second kappa shape index (κ2) is 14.2. The molecule has 2 unspecified atom stereocenters. The number of nitrogens with two attached hydrogens (primary N) is 1. The van der Waals surface area contributed by atoms with Gasteiger partial charge in [-0.15, -0.1) is 6.58 Å². The normalized spacial score (nSPS) is 17.6.